The van der Waals surface area contributed by atoms with Gasteiger partial charge in [0, 0.05) is 35.4 Å². The summed E-state index contributed by atoms with van der Waals surface area (Å²) in [5, 5.41) is 27.3. The lowest BCUT2D eigenvalue weighted by Gasteiger charge is -2.23. The number of carbonyl (C=O) groups is 4. The average Bonchev–Trinajstić information content (AvgIpc) is 3.50. The molecule has 2 heterocycles. The van der Waals surface area contributed by atoms with Gasteiger partial charge in [-0.2, -0.15) is 0 Å². The fourth-order valence-corrected chi connectivity index (χ4v) is 3.63. The summed E-state index contributed by atoms with van der Waals surface area (Å²) in [5.41, 5.74) is 8.27. The van der Waals surface area contributed by atoms with Crippen LogP contribution in [0, 0.1) is 0 Å². The van der Waals surface area contributed by atoms with Crippen molar-refractivity contribution in [2.24, 2.45) is 5.73 Å². The predicted molar refractivity (Wildman–Crippen MR) is 128 cm³/mol. The minimum Gasteiger partial charge on any atom is -0.480 e. The van der Waals surface area contributed by atoms with Crippen molar-refractivity contribution in [1.29, 1.82) is 0 Å². The molecule has 9 N–H and O–H groups in total. The van der Waals surface area contributed by atoms with Crippen LogP contribution in [0.25, 0.3) is 10.9 Å². The molecule has 3 rings (SSSR count). The maximum Gasteiger partial charge on any atom is 0.326 e. The zero-order valence-corrected chi connectivity index (χ0v) is 19.5. The van der Waals surface area contributed by atoms with Gasteiger partial charge in [-0.1, -0.05) is 18.2 Å². The van der Waals surface area contributed by atoms with Gasteiger partial charge >= 0.3 is 5.97 Å². The molecule has 0 spiro atoms. The number of hydrogen-bond donors (Lipinski definition) is 8. The van der Waals surface area contributed by atoms with Crippen molar-refractivity contribution in [3.63, 3.8) is 0 Å². The number of aromatic amines is 2. The number of para-hydroxylation sites is 1. The van der Waals surface area contributed by atoms with E-state index in [2.05, 4.69) is 30.9 Å². The van der Waals surface area contributed by atoms with Crippen LogP contribution in [0.3, 0.4) is 0 Å². The van der Waals surface area contributed by atoms with Crippen LogP contribution in [0.2, 0.25) is 0 Å². The SMILES string of the molecule is CC(O)C(NC(=O)C(N)Cc1c[nH]c2ccccc12)C(=O)NCC(=O)NC(Cc1cnc[nH]1)C(=O)O. The molecule has 0 aliphatic carbocycles. The Labute approximate surface area is 205 Å². The summed E-state index contributed by atoms with van der Waals surface area (Å²) in [5.74, 6) is -3.51. The number of rotatable bonds is 12. The lowest BCUT2D eigenvalue weighted by Crippen LogP contribution is -2.57. The van der Waals surface area contributed by atoms with Crippen LogP contribution in [0.5, 0.6) is 0 Å². The molecule has 4 unspecified atom stereocenters. The summed E-state index contributed by atoms with van der Waals surface area (Å²) in [6.07, 6.45) is 3.45. The lowest BCUT2D eigenvalue weighted by atomic mass is 10.0. The molecular formula is C23H29N7O6. The normalized spacial score (nSPS) is 14.4. The van der Waals surface area contributed by atoms with Crippen LogP contribution in [-0.4, -0.2) is 79.6 Å². The average molecular weight is 500 g/mol. The van der Waals surface area contributed by atoms with Gasteiger partial charge in [0.1, 0.15) is 12.1 Å². The van der Waals surface area contributed by atoms with Crippen LogP contribution >= 0.6 is 0 Å². The molecule has 3 aromatic rings. The minimum atomic E-state index is -1.38. The molecule has 0 bridgehead atoms. The summed E-state index contributed by atoms with van der Waals surface area (Å²) < 4.78 is 0. The van der Waals surface area contributed by atoms with E-state index in [1.165, 1.54) is 19.4 Å². The van der Waals surface area contributed by atoms with Gasteiger partial charge in [-0.3, -0.25) is 14.4 Å². The van der Waals surface area contributed by atoms with E-state index in [9.17, 15) is 29.4 Å². The monoisotopic (exact) mass is 499 g/mol. The Morgan fingerprint density at radius 3 is 2.50 bits per heavy atom. The van der Waals surface area contributed by atoms with Crippen molar-refractivity contribution < 1.29 is 29.4 Å². The Morgan fingerprint density at radius 1 is 1.08 bits per heavy atom. The van der Waals surface area contributed by atoms with Crippen LogP contribution in [0.15, 0.2) is 43.0 Å². The first-order chi connectivity index (χ1) is 17.2. The molecule has 0 aliphatic heterocycles. The highest BCUT2D eigenvalue weighted by molar-refractivity contribution is 5.93. The first-order valence-corrected chi connectivity index (χ1v) is 11.2. The van der Waals surface area contributed by atoms with Crippen molar-refractivity contribution in [1.82, 2.24) is 30.9 Å². The van der Waals surface area contributed by atoms with Gasteiger partial charge in [-0.25, -0.2) is 9.78 Å². The van der Waals surface area contributed by atoms with Crippen molar-refractivity contribution in [3.05, 3.63) is 54.2 Å². The van der Waals surface area contributed by atoms with E-state index in [1.807, 2.05) is 24.3 Å². The highest BCUT2D eigenvalue weighted by Crippen LogP contribution is 2.18. The summed E-state index contributed by atoms with van der Waals surface area (Å²) in [4.78, 5) is 58.5. The molecule has 0 aliphatic rings. The molecule has 13 nitrogen and oxygen atoms in total. The molecule has 0 fully saturated rings. The van der Waals surface area contributed by atoms with Crippen LogP contribution in [0.4, 0.5) is 0 Å². The Bertz CT molecular complexity index is 1210. The maximum absolute atomic E-state index is 12.6. The molecule has 3 amide bonds. The minimum absolute atomic E-state index is 0.0320. The molecule has 0 saturated heterocycles. The molecule has 2 aromatic heterocycles. The van der Waals surface area contributed by atoms with E-state index < -0.39 is 54.5 Å². The van der Waals surface area contributed by atoms with Gasteiger partial charge in [0.25, 0.3) is 0 Å². The van der Waals surface area contributed by atoms with Gasteiger partial charge < -0.3 is 41.9 Å². The van der Waals surface area contributed by atoms with E-state index in [0.717, 1.165) is 16.5 Å². The molecule has 13 heteroatoms. The van der Waals surface area contributed by atoms with E-state index in [4.69, 9.17) is 5.73 Å². The number of nitrogens with zero attached hydrogens (tertiary/aromatic N) is 1. The number of carbonyl (C=O) groups excluding carboxylic acids is 3. The van der Waals surface area contributed by atoms with Crippen molar-refractivity contribution in [3.8, 4) is 0 Å². The molecular weight excluding hydrogens is 470 g/mol. The number of aliphatic hydroxyl groups excluding tert-OH is 1. The topological polar surface area (TPSA) is 215 Å². The van der Waals surface area contributed by atoms with E-state index in [0.29, 0.717) is 5.69 Å². The van der Waals surface area contributed by atoms with Gasteiger partial charge in [-0.15, -0.1) is 0 Å². The number of nitrogens with one attached hydrogen (secondary N) is 5. The van der Waals surface area contributed by atoms with Crippen LogP contribution in [0.1, 0.15) is 18.2 Å². The summed E-state index contributed by atoms with van der Waals surface area (Å²) in [7, 11) is 0. The van der Waals surface area contributed by atoms with Gasteiger partial charge in [0.05, 0.1) is 25.0 Å². The number of amides is 3. The second-order valence-corrected chi connectivity index (χ2v) is 8.35. The number of nitrogens with two attached hydrogens (primary N) is 1. The third-order valence-corrected chi connectivity index (χ3v) is 5.55. The predicted octanol–water partition coefficient (Wildman–Crippen LogP) is -1.45. The first kappa shape index (κ1) is 26.4. The fraction of sp³-hybridized carbons (Fsp3) is 0.348. The third kappa shape index (κ3) is 6.90. The number of H-pyrrole nitrogens is 2. The number of carboxylic acids is 1. The second kappa shape index (κ2) is 12.0. The quantitative estimate of drug-likeness (QED) is 0.147. The zero-order valence-electron chi connectivity index (χ0n) is 19.5. The maximum atomic E-state index is 12.6. The molecule has 192 valence electrons. The fourth-order valence-electron chi connectivity index (χ4n) is 3.63. The number of aliphatic hydroxyl groups is 1. The number of fused-ring (bicyclic) bond motifs is 1. The van der Waals surface area contributed by atoms with Gasteiger partial charge in [-0.05, 0) is 25.0 Å². The second-order valence-electron chi connectivity index (χ2n) is 8.35. The number of imidazole rings is 1. The highest BCUT2D eigenvalue weighted by Gasteiger charge is 2.29. The molecule has 0 saturated carbocycles. The number of benzene rings is 1. The standard InChI is InChI=1S/C23H29N7O6/c1-12(31)20(30-21(33)16(24)6-13-8-26-17-5-3-2-4-15(13)17)22(34)27-10-19(32)29-18(23(35)36)7-14-9-25-11-28-14/h2-5,8-9,11-12,16,18,20,26,31H,6-7,10,24H2,1H3,(H,25,28)(H,27,34)(H,29,32)(H,30,33)(H,35,36). The zero-order chi connectivity index (χ0) is 26.2. The number of aromatic nitrogens is 3. The van der Waals surface area contributed by atoms with E-state index in [1.54, 1.807) is 6.20 Å². The third-order valence-electron chi connectivity index (χ3n) is 5.55. The molecule has 4 atom stereocenters. The largest absolute Gasteiger partial charge is 0.480 e. The Balaban J connectivity index is 1.53. The van der Waals surface area contributed by atoms with Crippen molar-refractivity contribution >= 4 is 34.6 Å². The van der Waals surface area contributed by atoms with Crippen molar-refractivity contribution in [2.45, 2.75) is 44.0 Å². The smallest absolute Gasteiger partial charge is 0.326 e. The number of aliphatic carboxylic acids is 1. The molecule has 36 heavy (non-hydrogen) atoms. The van der Waals surface area contributed by atoms with Gasteiger partial charge in [0.2, 0.25) is 17.7 Å². The number of hydrogen-bond acceptors (Lipinski definition) is 7. The summed E-state index contributed by atoms with van der Waals surface area (Å²) in [6.45, 7) is 0.743. The highest BCUT2D eigenvalue weighted by atomic mass is 16.4. The van der Waals surface area contributed by atoms with E-state index in [-0.39, 0.29) is 12.8 Å². The Hall–Kier alpha value is -4.23. The number of carboxylic acid groups (broad SMARTS) is 1. The van der Waals surface area contributed by atoms with Crippen molar-refractivity contribution in [2.75, 3.05) is 6.54 Å². The van der Waals surface area contributed by atoms with E-state index >= 15 is 0 Å². The Kier molecular flexibility index (Phi) is 8.76. The first-order valence-electron chi connectivity index (χ1n) is 11.2. The van der Waals surface area contributed by atoms with Gasteiger partial charge in [0.15, 0.2) is 0 Å². The molecule has 0 radical (unpaired) electrons. The molecule has 1 aromatic carbocycles. The Morgan fingerprint density at radius 2 is 1.83 bits per heavy atom. The van der Waals surface area contributed by atoms with Crippen LogP contribution in [-0.2, 0) is 32.0 Å². The lowest BCUT2D eigenvalue weighted by molar-refractivity contribution is -0.141. The summed E-state index contributed by atoms with van der Waals surface area (Å²) in [6, 6.07) is 3.91. The van der Waals surface area contributed by atoms with Crippen LogP contribution < -0.4 is 21.7 Å². The summed E-state index contributed by atoms with van der Waals surface area (Å²) >= 11 is 0.